The molecule has 84 valence electrons. The molecule has 0 spiro atoms. The Balaban J connectivity index is 1.90. The Morgan fingerprint density at radius 1 is 1.44 bits per heavy atom. The molecule has 0 fully saturated rings. The molecule has 4 nitrogen and oxygen atoms in total. The molecule has 1 aromatic heterocycles. The maximum Gasteiger partial charge on any atom is 0.0582 e. The summed E-state index contributed by atoms with van der Waals surface area (Å²) in [6.07, 6.45) is 3.72. The molecule has 0 radical (unpaired) electrons. The predicted molar refractivity (Wildman–Crippen MR) is 66.3 cm³/mol. The van der Waals surface area contributed by atoms with Gasteiger partial charge in [0.15, 0.2) is 0 Å². The predicted octanol–water partition coefficient (Wildman–Crippen LogP) is 1.89. The highest BCUT2D eigenvalue weighted by Crippen LogP contribution is 2.18. The van der Waals surface area contributed by atoms with Crippen molar-refractivity contribution in [3.8, 4) is 0 Å². The lowest BCUT2D eigenvalue weighted by Gasteiger charge is -2.09. The Hall–Kier alpha value is -1.97. The third-order valence-corrected chi connectivity index (χ3v) is 2.42. The SMILES string of the molecule is Cc1ccc(NCCn2cccn2)c(N)c1. The van der Waals surface area contributed by atoms with E-state index >= 15 is 0 Å². The molecule has 0 bridgehead atoms. The number of rotatable bonds is 4. The van der Waals surface area contributed by atoms with Crippen LogP contribution in [-0.2, 0) is 6.54 Å². The highest BCUT2D eigenvalue weighted by Gasteiger charge is 1.98. The van der Waals surface area contributed by atoms with Gasteiger partial charge >= 0.3 is 0 Å². The summed E-state index contributed by atoms with van der Waals surface area (Å²) in [6, 6.07) is 7.94. The van der Waals surface area contributed by atoms with Gasteiger partial charge in [-0.15, -0.1) is 0 Å². The third kappa shape index (κ3) is 2.53. The van der Waals surface area contributed by atoms with E-state index in [0.717, 1.165) is 24.5 Å². The minimum atomic E-state index is 0.792. The number of hydrogen-bond donors (Lipinski definition) is 2. The van der Waals surface area contributed by atoms with Crippen LogP contribution in [0.5, 0.6) is 0 Å². The van der Waals surface area contributed by atoms with Crippen molar-refractivity contribution < 1.29 is 0 Å². The quantitative estimate of drug-likeness (QED) is 0.767. The molecule has 1 aromatic carbocycles. The molecule has 0 unspecified atom stereocenters. The average Bonchev–Trinajstić information content (AvgIpc) is 2.74. The van der Waals surface area contributed by atoms with Crippen LogP contribution in [-0.4, -0.2) is 16.3 Å². The number of nitrogen functional groups attached to an aromatic ring is 1. The minimum Gasteiger partial charge on any atom is -0.397 e. The number of benzene rings is 1. The van der Waals surface area contributed by atoms with E-state index in [2.05, 4.69) is 10.4 Å². The molecular formula is C12H16N4. The molecule has 0 atom stereocenters. The first kappa shape index (κ1) is 10.5. The maximum atomic E-state index is 5.90. The second-order valence-corrected chi connectivity index (χ2v) is 3.79. The molecule has 0 saturated carbocycles. The number of hydrogen-bond acceptors (Lipinski definition) is 3. The highest BCUT2D eigenvalue weighted by molar-refractivity contribution is 5.66. The smallest absolute Gasteiger partial charge is 0.0582 e. The topological polar surface area (TPSA) is 55.9 Å². The zero-order valence-corrected chi connectivity index (χ0v) is 9.35. The van der Waals surface area contributed by atoms with Crippen molar-refractivity contribution in [2.45, 2.75) is 13.5 Å². The lowest BCUT2D eigenvalue weighted by Crippen LogP contribution is -2.11. The molecule has 4 heteroatoms. The summed E-state index contributed by atoms with van der Waals surface area (Å²) in [5.74, 6) is 0. The summed E-state index contributed by atoms with van der Waals surface area (Å²) in [5, 5.41) is 7.42. The van der Waals surface area contributed by atoms with Gasteiger partial charge in [0.05, 0.1) is 17.9 Å². The molecule has 0 aliphatic carbocycles. The molecule has 2 aromatic rings. The second-order valence-electron chi connectivity index (χ2n) is 3.79. The van der Waals surface area contributed by atoms with Crippen LogP contribution in [0.25, 0.3) is 0 Å². The summed E-state index contributed by atoms with van der Waals surface area (Å²) in [6.45, 7) is 3.68. The van der Waals surface area contributed by atoms with Gasteiger partial charge in [0.1, 0.15) is 0 Å². The Kier molecular flexibility index (Phi) is 3.10. The van der Waals surface area contributed by atoms with Gasteiger partial charge in [-0.3, -0.25) is 4.68 Å². The number of nitrogens with one attached hydrogen (secondary N) is 1. The fraction of sp³-hybridized carbons (Fsp3) is 0.250. The Morgan fingerprint density at radius 3 is 3.00 bits per heavy atom. The Bertz CT molecular complexity index is 448. The van der Waals surface area contributed by atoms with E-state index in [1.807, 2.05) is 42.1 Å². The lowest BCUT2D eigenvalue weighted by molar-refractivity contribution is 0.638. The number of nitrogens with zero attached hydrogens (tertiary/aromatic N) is 2. The fourth-order valence-electron chi connectivity index (χ4n) is 1.58. The van der Waals surface area contributed by atoms with Gasteiger partial charge in [-0.25, -0.2) is 0 Å². The van der Waals surface area contributed by atoms with Crippen LogP contribution in [0, 0.1) is 6.92 Å². The molecule has 2 rings (SSSR count). The van der Waals surface area contributed by atoms with Crippen molar-refractivity contribution in [1.82, 2.24) is 9.78 Å². The third-order valence-electron chi connectivity index (χ3n) is 2.42. The Morgan fingerprint density at radius 2 is 2.31 bits per heavy atom. The molecule has 3 N–H and O–H groups in total. The van der Waals surface area contributed by atoms with Crippen LogP contribution in [0.4, 0.5) is 11.4 Å². The van der Waals surface area contributed by atoms with E-state index in [1.165, 1.54) is 5.56 Å². The van der Waals surface area contributed by atoms with Crippen molar-refractivity contribution in [1.29, 1.82) is 0 Å². The standard InChI is InChI=1S/C12H16N4/c1-10-3-4-12(11(13)9-10)14-6-8-16-7-2-5-15-16/h2-5,7,9,14H,6,8,13H2,1H3. The number of nitrogens with two attached hydrogens (primary N) is 1. The van der Waals surface area contributed by atoms with Gasteiger partial charge in [-0.1, -0.05) is 6.07 Å². The van der Waals surface area contributed by atoms with Crippen LogP contribution in [0.15, 0.2) is 36.7 Å². The van der Waals surface area contributed by atoms with Crippen molar-refractivity contribution in [3.05, 3.63) is 42.2 Å². The lowest BCUT2D eigenvalue weighted by atomic mass is 10.2. The first-order valence-corrected chi connectivity index (χ1v) is 5.33. The monoisotopic (exact) mass is 216 g/mol. The normalized spacial score (nSPS) is 10.3. The second kappa shape index (κ2) is 4.70. The Labute approximate surface area is 95.1 Å². The summed E-state index contributed by atoms with van der Waals surface area (Å²) >= 11 is 0. The highest BCUT2D eigenvalue weighted by atomic mass is 15.3. The minimum absolute atomic E-state index is 0.792. The first-order chi connectivity index (χ1) is 7.75. The number of anilines is 2. The van der Waals surface area contributed by atoms with Gasteiger partial charge in [-0.05, 0) is 30.7 Å². The van der Waals surface area contributed by atoms with Crippen LogP contribution in [0.2, 0.25) is 0 Å². The molecule has 0 amide bonds. The molecule has 0 aliphatic heterocycles. The van der Waals surface area contributed by atoms with Crippen molar-refractivity contribution in [3.63, 3.8) is 0 Å². The van der Waals surface area contributed by atoms with E-state index < -0.39 is 0 Å². The van der Waals surface area contributed by atoms with E-state index in [-0.39, 0.29) is 0 Å². The van der Waals surface area contributed by atoms with Crippen LogP contribution >= 0.6 is 0 Å². The summed E-state index contributed by atoms with van der Waals surface area (Å²) in [7, 11) is 0. The van der Waals surface area contributed by atoms with Crippen LogP contribution in [0.1, 0.15) is 5.56 Å². The zero-order valence-electron chi connectivity index (χ0n) is 9.35. The summed E-state index contributed by atoms with van der Waals surface area (Å²) in [5.41, 5.74) is 8.85. The van der Waals surface area contributed by atoms with Gasteiger partial charge < -0.3 is 11.1 Å². The molecule has 0 aliphatic rings. The molecule has 0 saturated heterocycles. The van der Waals surface area contributed by atoms with Gasteiger partial charge in [-0.2, -0.15) is 5.10 Å². The fourth-order valence-corrected chi connectivity index (χ4v) is 1.58. The van der Waals surface area contributed by atoms with Crippen molar-refractivity contribution in [2.24, 2.45) is 0 Å². The zero-order chi connectivity index (χ0) is 11.4. The van der Waals surface area contributed by atoms with E-state index in [0.29, 0.717) is 0 Å². The van der Waals surface area contributed by atoms with E-state index in [1.54, 1.807) is 6.20 Å². The molecule has 16 heavy (non-hydrogen) atoms. The van der Waals surface area contributed by atoms with E-state index in [9.17, 15) is 0 Å². The first-order valence-electron chi connectivity index (χ1n) is 5.33. The van der Waals surface area contributed by atoms with Gasteiger partial charge in [0.25, 0.3) is 0 Å². The van der Waals surface area contributed by atoms with Crippen LogP contribution in [0.3, 0.4) is 0 Å². The van der Waals surface area contributed by atoms with Crippen molar-refractivity contribution >= 4 is 11.4 Å². The van der Waals surface area contributed by atoms with Gasteiger partial charge in [0, 0.05) is 18.9 Å². The largest absolute Gasteiger partial charge is 0.397 e. The average molecular weight is 216 g/mol. The van der Waals surface area contributed by atoms with Crippen molar-refractivity contribution in [2.75, 3.05) is 17.6 Å². The molecule has 1 heterocycles. The summed E-state index contributed by atoms with van der Waals surface area (Å²) < 4.78 is 1.89. The van der Waals surface area contributed by atoms with E-state index in [4.69, 9.17) is 5.73 Å². The van der Waals surface area contributed by atoms with Crippen LogP contribution < -0.4 is 11.1 Å². The summed E-state index contributed by atoms with van der Waals surface area (Å²) in [4.78, 5) is 0. The number of aromatic nitrogens is 2. The maximum absolute atomic E-state index is 5.90. The molecular weight excluding hydrogens is 200 g/mol. The van der Waals surface area contributed by atoms with Gasteiger partial charge in [0.2, 0.25) is 0 Å². The number of aryl methyl sites for hydroxylation is 1.